The van der Waals surface area contributed by atoms with Crippen LogP contribution in [0.5, 0.6) is 5.75 Å². The number of benzene rings is 2. The van der Waals surface area contributed by atoms with E-state index < -0.39 is 11.4 Å². The lowest BCUT2D eigenvalue weighted by Crippen LogP contribution is -2.43. The largest absolute Gasteiger partial charge is 0.493 e. The molecule has 0 aromatic heterocycles. The van der Waals surface area contributed by atoms with E-state index in [0.29, 0.717) is 12.8 Å². The summed E-state index contributed by atoms with van der Waals surface area (Å²) in [6.45, 7) is 0.739. The Morgan fingerprint density at radius 2 is 1.86 bits per heavy atom. The number of amides is 1. The maximum Gasteiger partial charge on any atom is 0.310 e. The van der Waals surface area contributed by atoms with Crippen molar-refractivity contribution in [2.75, 3.05) is 6.61 Å². The molecule has 146 valence electrons. The third-order valence-electron chi connectivity index (χ3n) is 5.97. The van der Waals surface area contributed by atoms with Gasteiger partial charge in [-0.1, -0.05) is 42.8 Å². The highest BCUT2D eigenvalue weighted by molar-refractivity contribution is 5.86. The number of ether oxygens (including phenoxy) is 1. The molecule has 2 N–H and O–H groups in total. The number of aryl methyl sites for hydroxylation is 1. The van der Waals surface area contributed by atoms with Crippen LogP contribution in [-0.4, -0.2) is 23.6 Å². The highest BCUT2D eigenvalue weighted by Crippen LogP contribution is 2.44. The molecule has 1 unspecified atom stereocenters. The zero-order valence-corrected chi connectivity index (χ0v) is 15.8. The van der Waals surface area contributed by atoms with Crippen LogP contribution in [0, 0.1) is 5.41 Å². The molecule has 1 aliphatic heterocycles. The highest BCUT2D eigenvalue weighted by Gasteiger charge is 2.46. The maximum atomic E-state index is 12.8. The van der Waals surface area contributed by atoms with Gasteiger partial charge in [-0.25, -0.2) is 0 Å². The van der Waals surface area contributed by atoms with Gasteiger partial charge >= 0.3 is 5.97 Å². The Labute approximate surface area is 164 Å². The van der Waals surface area contributed by atoms with Crippen LogP contribution < -0.4 is 10.1 Å². The van der Waals surface area contributed by atoms with Gasteiger partial charge in [-0.2, -0.15) is 0 Å². The molecule has 1 atom stereocenters. The summed E-state index contributed by atoms with van der Waals surface area (Å²) in [4.78, 5) is 24.4. The molecule has 1 fully saturated rings. The second-order valence-electron chi connectivity index (χ2n) is 7.85. The van der Waals surface area contributed by atoms with Gasteiger partial charge in [-0.15, -0.1) is 0 Å². The molecule has 1 aliphatic carbocycles. The number of aliphatic carboxylic acids is 1. The van der Waals surface area contributed by atoms with Gasteiger partial charge in [-0.05, 0) is 54.5 Å². The van der Waals surface area contributed by atoms with Gasteiger partial charge in [0.15, 0.2) is 0 Å². The number of nitrogens with one attached hydrogen (secondary N) is 1. The minimum Gasteiger partial charge on any atom is -0.493 e. The molecule has 2 aliphatic rings. The summed E-state index contributed by atoms with van der Waals surface area (Å²) >= 11 is 0. The minimum atomic E-state index is -0.894. The van der Waals surface area contributed by atoms with E-state index in [0.717, 1.165) is 48.3 Å². The van der Waals surface area contributed by atoms with Crippen LogP contribution >= 0.6 is 0 Å². The normalized spacial score (nSPS) is 18.1. The number of carboxylic acid groups (broad SMARTS) is 1. The molecule has 1 amide bonds. The van der Waals surface area contributed by atoms with Crippen molar-refractivity contribution in [1.82, 2.24) is 5.32 Å². The number of hydrogen-bond acceptors (Lipinski definition) is 3. The zero-order chi connectivity index (χ0) is 19.6. The lowest BCUT2D eigenvalue weighted by molar-refractivity contribution is -0.157. The monoisotopic (exact) mass is 379 g/mol. The first-order valence-corrected chi connectivity index (χ1v) is 9.91. The third kappa shape index (κ3) is 3.61. The smallest absolute Gasteiger partial charge is 0.310 e. The first kappa shape index (κ1) is 18.5. The molecule has 5 heteroatoms. The fraction of sp³-hybridized carbons (Fsp3) is 0.391. The van der Waals surface area contributed by atoms with E-state index >= 15 is 0 Å². The summed E-state index contributed by atoms with van der Waals surface area (Å²) in [6, 6.07) is 15.5. The molecule has 0 spiro atoms. The molecule has 1 saturated carbocycles. The standard InChI is InChI=1S/C23H25NO4/c25-20(15-23(22(26)27)11-5-12-23)24-21(16-6-2-1-3-7-16)18-9-10-19-17(14-18)8-4-13-28-19/h1-3,6-7,9-10,14,21H,4-5,8,11-13,15H2,(H,24,25)(H,26,27). The van der Waals surface area contributed by atoms with E-state index in [9.17, 15) is 14.7 Å². The fourth-order valence-electron chi connectivity index (χ4n) is 4.15. The molecule has 28 heavy (non-hydrogen) atoms. The molecular weight excluding hydrogens is 354 g/mol. The number of hydrogen-bond donors (Lipinski definition) is 2. The third-order valence-corrected chi connectivity index (χ3v) is 5.97. The molecule has 0 saturated heterocycles. The van der Waals surface area contributed by atoms with Crippen LogP contribution in [0.3, 0.4) is 0 Å². The fourth-order valence-corrected chi connectivity index (χ4v) is 4.15. The average molecular weight is 379 g/mol. The summed E-state index contributed by atoms with van der Waals surface area (Å²) in [5.41, 5.74) is 2.22. The van der Waals surface area contributed by atoms with Crippen molar-refractivity contribution in [3.05, 3.63) is 65.2 Å². The number of carbonyl (C=O) groups is 2. The molecule has 1 heterocycles. The molecular formula is C23H25NO4. The van der Waals surface area contributed by atoms with Crippen LogP contribution in [-0.2, 0) is 16.0 Å². The van der Waals surface area contributed by atoms with Gasteiger partial charge < -0.3 is 15.2 Å². The molecule has 4 rings (SSSR count). The molecule has 2 aromatic carbocycles. The van der Waals surface area contributed by atoms with Gasteiger partial charge in [0.25, 0.3) is 0 Å². The van der Waals surface area contributed by atoms with E-state index in [1.807, 2.05) is 42.5 Å². The molecule has 0 bridgehead atoms. The summed E-state index contributed by atoms with van der Waals surface area (Å²) in [5.74, 6) is -0.173. The topological polar surface area (TPSA) is 75.6 Å². The van der Waals surface area contributed by atoms with Gasteiger partial charge in [0.1, 0.15) is 5.75 Å². The van der Waals surface area contributed by atoms with Crippen LogP contribution in [0.15, 0.2) is 48.5 Å². The summed E-state index contributed by atoms with van der Waals surface area (Å²) < 4.78 is 5.71. The van der Waals surface area contributed by atoms with E-state index in [1.165, 1.54) is 0 Å². The number of carbonyl (C=O) groups excluding carboxylic acids is 1. The van der Waals surface area contributed by atoms with Crippen molar-refractivity contribution in [1.29, 1.82) is 0 Å². The Bertz CT molecular complexity index is 873. The summed E-state index contributed by atoms with van der Waals surface area (Å²) in [7, 11) is 0. The second-order valence-corrected chi connectivity index (χ2v) is 7.85. The Kier molecular flexibility index (Phi) is 5.07. The van der Waals surface area contributed by atoms with E-state index in [1.54, 1.807) is 0 Å². The second kappa shape index (κ2) is 7.66. The first-order chi connectivity index (χ1) is 13.6. The molecule has 0 radical (unpaired) electrons. The number of rotatable bonds is 6. The quantitative estimate of drug-likeness (QED) is 0.799. The lowest BCUT2D eigenvalue weighted by Gasteiger charge is -2.37. The van der Waals surface area contributed by atoms with Gasteiger partial charge in [0.05, 0.1) is 18.1 Å². The Morgan fingerprint density at radius 1 is 1.07 bits per heavy atom. The van der Waals surface area contributed by atoms with E-state index in [4.69, 9.17) is 4.74 Å². The van der Waals surface area contributed by atoms with Crippen molar-refractivity contribution >= 4 is 11.9 Å². The Hall–Kier alpha value is -2.82. The predicted molar refractivity (Wildman–Crippen MR) is 105 cm³/mol. The summed E-state index contributed by atoms with van der Waals surface area (Å²) in [6.07, 6.45) is 3.98. The van der Waals surface area contributed by atoms with Crippen LogP contribution in [0.25, 0.3) is 0 Å². The Balaban J connectivity index is 1.60. The average Bonchev–Trinajstić information content (AvgIpc) is 2.69. The van der Waals surface area contributed by atoms with E-state index in [2.05, 4.69) is 11.4 Å². The molecule has 2 aromatic rings. The van der Waals surface area contributed by atoms with E-state index in [-0.39, 0.29) is 18.4 Å². The van der Waals surface area contributed by atoms with Gasteiger partial charge in [0.2, 0.25) is 5.91 Å². The van der Waals surface area contributed by atoms with Gasteiger partial charge in [-0.3, -0.25) is 9.59 Å². The van der Waals surface area contributed by atoms with Crippen LogP contribution in [0.1, 0.15) is 54.8 Å². The minimum absolute atomic E-state index is 0.0275. The van der Waals surface area contributed by atoms with Crippen molar-refractivity contribution in [3.63, 3.8) is 0 Å². The molecule has 5 nitrogen and oxygen atoms in total. The van der Waals surface area contributed by atoms with Crippen LogP contribution in [0.4, 0.5) is 0 Å². The van der Waals surface area contributed by atoms with Crippen molar-refractivity contribution in [2.45, 2.75) is 44.6 Å². The van der Waals surface area contributed by atoms with Gasteiger partial charge in [0, 0.05) is 6.42 Å². The van der Waals surface area contributed by atoms with Crippen molar-refractivity contribution in [2.24, 2.45) is 5.41 Å². The number of carboxylic acids is 1. The van der Waals surface area contributed by atoms with Crippen LogP contribution in [0.2, 0.25) is 0 Å². The SMILES string of the molecule is O=C(CC1(C(=O)O)CCC1)NC(c1ccccc1)c1ccc2c(c1)CCCO2. The summed E-state index contributed by atoms with van der Waals surface area (Å²) in [5, 5.41) is 12.6. The first-order valence-electron chi connectivity index (χ1n) is 9.91. The van der Waals surface area contributed by atoms with Crippen molar-refractivity contribution in [3.8, 4) is 5.75 Å². The maximum absolute atomic E-state index is 12.8. The number of fused-ring (bicyclic) bond motifs is 1. The lowest BCUT2D eigenvalue weighted by atomic mass is 9.66. The zero-order valence-electron chi connectivity index (χ0n) is 15.8. The highest BCUT2D eigenvalue weighted by atomic mass is 16.5. The Morgan fingerprint density at radius 3 is 2.54 bits per heavy atom. The van der Waals surface area contributed by atoms with Crippen molar-refractivity contribution < 1.29 is 19.4 Å². The predicted octanol–water partition coefficient (Wildman–Crippen LogP) is 3.86.